The summed E-state index contributed by atoms with van der Waals surface area (Å²) in [7, 11) is 0. The molecule has 3 nitrogen and oxygen atoms in total. The third-order valence-corrected chi connectivity index (χ3v) is 3.37. The number of ketones is 1. The Morgan fingerprint density at radius 3 is 2.39 bits per heavy atom. The van der Waals surface area contributed by atoms with Gasteiger partial charge < -0.3 is 10.2 Å². The summed E-state index contributed by atoms with van der Waals surface area (Å²) >= 11 is 1.37. The Bertz CT molecular complexity index is 549. The molecule has 0 aliphatic rings. The van der Waals surface area contributed by atoms with Crippen LogP contribution >= 0.6 is 11.8 Å². The molecule has 4 heteroatoms. The van der Waals surface area contributed by atoms with Crippen LogP contribution in [0.25, 0.3) is 0 Å². The van der Waals surface area contributed by atoms with Crippen LogP contribution in [0.15, 0.2) is 53.4 Å². The molecule has 0 aromatic heterocycles. The van der Waals surface area contributed by atoms with Crippen molar-refractivity contribution in [2.75, 3.05) is 5.75 Å². The second-order valence-corrected chi connectivity index (χ2v) is 4.80. The van der Waals surface area contributed by atoms with Crippen LogP contribution in [-0.4, -0.2) is 21.7 Å². The minimum absolute atomic E-state index is 0.0108. The van der Waals surface area contributed by atoms with Crippen LogP contribution in [0, 0.1) is 0 Å². The molecule has 0 fully saturated rings. The molecule has 0 aliphatic carbocycles. The van der Waals surface area contributed by atoms with Gasteiger partial charge in [-0.3, -0.25) is 4.79 Å². The number of aromatic hydroxyl groups is 2. The molecular formula is C14H12O3S. The Balaban J connectivity index is 1.98. The smallest absolute Gasteiger partial charge is 0.173 e. The first-order valence-electron chi connectivity index (χ1n) is 5.39. The SMILES string of the molecule is O=C(CSc1cccc(O)c1)c1ccc(O)cc1. The van der Waals surface area contributed by atoms with Crippen molar-refractivity contribution in [3.05, 3.63) is 54.1 Å². The number of phenols is 2. The first kappa shape index (κ1) is 12.5. The van der Waals surface area contributed by atoms with Gasteiger partial charge in [-0.1, -0.05) is 6.07 Å². The number of carbonyl (C=O) groups is 1. The van der Waals surface area contributed by atoms with Crippen molar-refractivity contribution in [3.63, 3.8) is 0 Å². The molecule has 2 rings (SSSR count). The van der Waals surface area contributed by atoms with Crippen molar-refractivity contribution < 1.29 is 15.0 Å². The third kappa shape index (κ3) is 3.28. The van der Waals surface area contributed by atoms with Crippen LogP contribution in [0.2, 0.25) is 0 Å². The summed E-state index contributed by atoms with van der Waals surface area (Å²) in [6.07, 6.45) is 0. The summed E-state index contributed by atoms with van der Waals surface area (Å²) in [6.45, 7) is 0. The summed E-state index contributed by atoms with van der Waals surface area (Å²) in [5, 5.41) is 18.4. The van der Waals surface area contributed by atoms with E-state index in [4.69, 9.17) is 5.11 Å². The van der Waals surface area contributed by atoms with E-state index in [0.717, 1.165) is 4.90 Å². The summed E-state index contributed by atoms with van der Waals surface area (Å²) < 4.78 is 0. The van der Waals surface area contributed by atoms with Crippen molar-refractivity contribution >= 4 is 17.5 Å². The van der Waals surface area contributed by atoms with Crippen LogP contribution in [0.3, 0.4) is 0 Å². The topological polar surface area (TPSA) is 57.5 Å². The fourth-order valence-corrected chi connectivity index (χ4v) is 2.30. The fraction of sp³-hybridized carbons (Fsp3) is 0.0714. The first-order chi connectivity index (χ1) is 8.65. The van der Waals surface area contributed by atoms with Crippen molar-refractivity contribution in [1.82, 2.24) is 0 Å². The van der Waals surface area contributed by atoms with Crippen LogP contribution in [0.4, 0.5) is 0 Å². The molecule has 0 bridgehead atoms. The van der Waals surface area contributed by atoms with Crippen molar-refractivity contribution in [3.8, 4) is 11.5 Å². The van der Waals surface area contributed by atoms with E-state index in [1.807, 2.05) is 6.07 Å². The number of thioether (sulfide) groups is 1. The van der Waals surface area contributed by atoms with Crippen LogP contribution in [0.1, 0.15) is 10.4 Å². The van der Waals surface area contributed by atoms with E-state index in [1.54, 1.807) is 30.3 Å². The highest BCUT2D eigenvalue weighted by atomic mass is 32.2. The second kappa shape index (κ2) is 5.60. The van der Waals surface area contributed by atoms with Gasteiger partial charge in [-0.2, -0.15) is 0 Å². The Labute approximate surface area is 109 Å². The summed E-state index contributed by atoms with van der Waals surface area (Å²) in [5.41, 5.74) is 0.570. The second-order valence-electron chi connectivity index (χ2n) is 3.76. The summed E-state index contributed by atoms with van der Waals surface area (Å²) in [4.78, 5) is 12.7. The highest BCUT2D eigenvalue weighted by Crippen LogP contribution is 2.23. The highest BCUT2D eigenvalue weighted by molar-refractivity contribution is 8.00. The molecule has 0 heterocycles. The molecule has 92 valence electrons. The largest absolute Gasteiger partial charge is 0.508 e. The van der Waals surface area contributed by atoms with Gasteiger partial charge in [0.2, 0.25) is 0 Å². The Morgan fingerprint density at radius 2 is 1.72 bits per heavy atom. The predicted molar refractivity (Wildman–Crippen MR) is 71.3 cm³/mol. The molecular weight excluding hydrogens is 248 g/mol. The fourth-order valence-electron chi connectivity index (χ4n) is 1.45. The van der Waals surface area contributed by atoms with E-state index in [9.17, 15) is 9.90 Å². The van der Waals surface area contributed by atoms with Gasteiger partial charge in [0.1, 0.15) is 11.5 Å². The number of hydrogen-bond donors (Lipinski definition) is 2. The lowest BCUT2D eigenvalue weighted by atomic mass is 10.1. The maximum Gasteiger partial charge on any atom is 0.173 e. The van der Waals surface area contributed by atoms with E-state index in [1.165, 1.54) is 23.9 Å². The van der Waals surface area contributed by atoms with Gasteiger partial charge in [-0.15, -0.1) is 11.8 Å². The normalized spacial score (nSPS) is 10.2. The summed E-state index contributed by atoms with van der Waals surface area (Å²) in [5.74, 6) is 0.626. The Kier molecular flexibility index (Phi) is 3.89. The van der Waals surface area contributed by atoms with Gasteiger partial charge in [0.15, 0.2) is 5.78 Å². The molecule has 18 heavy (non-hydrogen) atoms. The van der Waals surface area contributed by atoms with Crippen LogP contribution in [0.5, 0.6) is 11.5 Å². The molecule has 0 radical (unpaired) electrons. The molecule has 2 N–H and O–H groups in total. The monoisotopic (exact) mass is 260 g/mol. The van der Waals surface area contributed by atoms with Gasteiger partial charge in [0, 0.05) is 10.5 Å². The first-order valence-corrected chi connectivity index (χ1v) is 6.38. The zero-order valence-corrected chi connectivity index (χ0v) is 10.4. The third-order valence-electron chi connectivity index (χ3n) is 2.38. The molecule has 0 amide bonds. The van der Waals surface area contributed by atoms with Crippen molar-refractivity contribution in [2.45, 2.75) is 4.90 Å². The maximum atomic E-state index is 11.8. The Hall–Kier alpha value is -1.94. The van der Waals surface area contributed by atoms with Gasteiger partial charge in [0.05, 0.1) is 5.75 Å². The number of carbonyl (C=O) groups excluding carboxylic acids is 1. The molecule has 0 aliphatic heterocycles. The minimum Gasteiger partial charge on any atom is -0.508 e. The van der Waals surface area contributed by atoms with Gasteiger partial charge in [-0.05, 0) is 42.5 Å². The quantitative estimate of drug-likeness (QED) is 0.655. The highest BCUT2D eigenvalue weighted by Gasteiger charge is 2.06. The molecule has 0 saturated heterocycles. The van der Waals surface area contributed by atoms with E-state index >= 15 is 0 Å². The van der Waals surface area contributed by atoms with Crippen LogP contribution < -0.4 is 0 Å². The standard InChI is InChI=1S/C14H12O3S/c15-11-6-4-10(5-7-11)14(17)9-18-13-3-1-2-12(16)8-13/h1-8,15-16H,9H2. The minimum atomic E-state index is -0.0108. The maximum absolute atomic E-state index is 11.8. The number of benzene rings is 2. The lowest BCUT2D eigenvalue weighted by molar-refractivity contribution is 0.102. The van der Waals surface area contributed by atoms with E-state index in [0.29, 0.717) is 11.3 Å². The zero-order chi connectivity index (χ0) is 13.0. The van der Waals surface area contributed by atoms with Gasteiger partial charge in [0.25, 0.3) is 0 Å². The Morgan fingerprint density at radius 1 is 1.00 bits per heavy atom. The van der Waals surface area contributed by atoms with E-state index in [2.05, 4.69) is 0 Å². The number of hydrogen-bond acceptors (Lipinski definition) is 4. The van der Waals surface area contributed by atoms with E-state index in [-0.39, 0.29) is 17.3 Å². The average Bonchev–Trinajstić information content (AvgIpc) is 2.37. The predicted octanol–water partition coefficient (Wildman–Crippen LogP) is 3.07. The molecule has 2 aromatic rings. The molecule has 2 aromatic carbocycles. The van der Waals surface area contributed by atoms with Crippen molar-refractivity contribution in [2.24, 2.45) is 0 Å². The molecule has 0 atom stereocenters. The average molecular weight is 260 g/mol. The van der Waals surface area contributed by atoms with E-state index < -0.39 is 0 Å². The number of phenolic OH excluding ortho intramolecular Hbond substituents is 2. The number of Topliss-reactive ketones (excluding diaryl/α,β-unsaturated/α-hetero) is 1. The number of rotatable bonds is 4. The lowest BCUT2D eigenvalue weighted by Gasteiger charge is -2.02. The van der Waals surface area contributed by atoms with Gasteiger partial charge >= 0.3 is 0 Å². The van der Waals surface area contributed by atoms with Crippen LogP contribution in [-0.2, 0) is 0 Å². The lowest BCUT2D eigenvalue weighted by Crippen LogP contribution is -2.01. The summed E-state index contributed by atoms with van der Waals surface area (Å²) in [6, 6.07) is 13.0. The molecule has 0 saturated carbocycles. The van der Waals surface area contributed by atoms with Gasteiger partial charge in [-0.25, -0.2) is 0 Å². The van der Waals surface area contributed by atoms with Crippen molar-refractivity contribution in [1.29, 1.82) is 0 Å². The zero-order valence-electron chi connectivity index (χ0n) is 9.54. The molecule has 0 unspecified atom stereocenters. The molecule has 0 spiro atoms.